The third-order valence-electron chi connectivity index (χ3n) is 4.31. The molecule has 0 bridgehead atoms. The molecular formula is C19H18FNO5. The molecule has 3 atom stereocenters. The van der Waals surface area contributed by atoms with Crippen molar-refractivity contribution in [1.29, 1.82) is 0 Å². The zero-order valence-electron chi connectivity index (χ0n) is 13.7. The van der Waals surface area contributed by atoms with Crippen molar-refractivity contribution < 1.29 is 28.9 Å². The number of carbonyl (C=O) groups is 2. The lowest BCUT2D eigenvalue weighted by molar-refractivity contribution is -0.144. The highest BCUT2D eigenvalue weighted by Gasteiger charge is 2.49. The van der Waals surface area contributed by atoms with Crippen molar-refractivity contribution >= 4 is 12.1 Å². The summed E-state index contributed by atoms with van der Waals surface area (Å²) in [5.41, 5.74) is 1.38. The van der Waals surface area contributed by atoms with E-state index in [0.29, 0.717) is 11.1 Å². The number of amides is 1. The molecule has 3 rings (SSSR count). The van der Waals surface area contributed by atoms with Crippen LogP contribution in [-0.2, 0) is 9.53 Å². The number of alkyl halides is 1. The number of ether oxygens (including phenoxy) is 1. The van der Waals surface area contributed by atoms with Gasteiger partial charge in [-0.25, -0.2) is 14.0 Å². The number of carbonyl (C=O) groups excluding carboxylic acids is 1. The highest BCUT2D eigenvalue weighted by molar-refractivity contribution is 5.82. The van der Waals surface area contributed by atoms with Crippen molar-refractivity contribution in [3.8, 4) is 0 Å². The summed E-state index contributed by atoms with van der Waals surface area (Å²) in [5.74, 6) is -1.48. The summed E-state index contributed by atoms with van der Waals surface area (Å²) >= 11 is 0. The third-order valence-corrected chi connectivity index (χ3v) is 4.31. The van der Waals surface area contributed by atoms with E-state index < -0.39 is 43.0 Å². The van der Waals surface area contributed by atoms with Crippen LogP contribution in [0.15, 0.2) is 60.7 Å². The minimum atomic E-state index is -1.84. The van der Waals surface area contributed by atoms with Gasteiger partial charge in [0, 0.05) is 0 Å². The number of aliphatic hydroxyl groups is 1. The zero-order chi connectivity index (χ0) is 18.7. The number of aliphatic carboxylic acids is 1. The fourth-order valence-corrected chi connectivity index (χ4v) is 3.01. The average molecular weight is 359 g/mol. The van der Waals surface area contributed by atoms with Gasteiger partial charge in [0.05, 0.1) is 6.54 Å². The average Bonchev–Trinajstić information content (AvgIpc) is 2.96. The molecule has 0 spiro atoms. The zero-order valence-corrected chi connectivity index (χ0v) is 13.7. The van der Waals surface area contributed by atoms with E-state index in [4.69, 9.17) is 4.74 Å². The van der Waals surface area contributed by atoms with E-state index >= 15 is 0 Å². The van der Waals surface area contributed by atoms with Gasteiger partial charge in [0.1, 0.15) is 12.3 Å². The largest absolute Gasteiger partial charge is 0.480 e. The number of rotatable bonds is 4. The molecule has 2 aromatic rings. The molecule has 136 valence electrons. The maximum atomic E-state index is 13.8. The van der Waals surface area contributed by atoms with E-state index in [1.807, 2.05) is 12.1 Å². The summed E-state index contributed by atoms with van der Waals surface area (Å²) in [7, 11) is 0. The Hall–Kier alpha value is -2.93. The normalized spacial score (nSPS) is 22.4. The van der Waals surface area contributed by atoms with Gasteiger partial charge in [-0.05, 0) is 11.1 Å². The standard InChI is InChI=1S/C19H18FNO5/c20-14-11-21(15(16(14)22)18(23)24)19(25)26-17(12-7-3-1-4-8-12)13-9-5-2-6-10-13/h1-10,14-17,22H,11H2,(H,23,24)/t14-,15-,16+/m0/s1. The second kappa shape index (κ2) is 7.53. The summed E-state index contributed by atoms with van der Waals surface area (Å²) < 4.78 is 19.3. The molecule has 0 unspecified atom stereocenters. The Balaban J connectivity index is 1.87. The minimum Gasteiger partial charge on any atom is -0.480 e. The fraction of sp³-hybridized carbons (Fsp3) is 0.263. The maximum Gasteiger partial charge on any atom is 0.411 e. The van der Waals surface area contributed by atoms with E-state index in [2.05, 4.69) is 0 Å². The van der Waals surface area contributed by atoms with Crippen LogP contribution in [-0.4, -0.2) is 52.0 Å². The van der Waals surface area contributed by atoms with Crippen molar-refractivity contribution in [2.75, 3.05) is 6.54 Å². The van der Waals surface area contributed by atoms with Gasteiger partial charge < -0.3 is 14.9 Å². The molecular weight excluding hydrogens is 341 g/mol. The number of nitrogens with zero attached hydrogens (tertiary/aromatic N) is 1. The van der Waals surface area contributed by atoms with E-state index in [9.17, 15) is 24.2 Å². The number of aliphatic hydroxyl groups excluding tert-OH is 1. The van der Waals surface area contributed by atoms with E-state index in [1.54, 1.807) is 48.5 Å². The molecule has 2 aromatic carbocycles. The van der Waals surface area contributed by atoms with Crippen molar-refractivity contribution in [2.45, 2.75) is 24.4 Å². The van der Waals surface area contributed by atoms with Crippen molar-refractivity contribution in [1.82, 2.24) is 4.90 Å². The summed E-state index contributed by atoms with van der Waals surface area (Å²) in [4.78, 5) is 24.6. The number of hydrogen-bond donors (Lipinski definition) is 2. The van der Waals surface area contributed by atoms with Crippen molar-refractivity contribution in [3.63, 3.8) is 0 Å². The van der Waals surface area contributed by atoms with E-state index in [-0.39, 0.29) is 0 Å². The lowest BCUT2D eigenvalue weighted by atomic mass is 10.0. The van der Waals surface area contributed by atoms with Crippen LogP contribution in [0.1, 0.15) is 17.2 Å². The maximum absolute atomic E-state index is 13.8. The Morgan fingerprint density at radius 1 is 1.04 bits per heavy atom. The molecule has 1 amide bonds. The van der Waals surface area contributed by atoms with Gasteiger partial charge in [0.2, 0.25) is 0 Å². The third kappa shape index (κ3) is 3.52. The monoisotopic (exact) mass is 359 g/mol. The van der Waals surface area contributed by atoms with Crippen LogP contribution in [0, 0.1) is 0 Å². The van der Waals surface area contributed by atoms with Gasteiger partial charge in [0.25, 0.3) is 0 Å². The Kier molecular flexibility index (Phi) is 5.18. The first-order valence-electron chi connectivity index (χ1n) is 8.11. The first-order chi connectivity index (χ1) is 12.5. The molecule has 26 heavy (non-hydrogen) atoms. The summed E-state index contributed by atoms with van der Waals surface area (Å²) in [6.07, 6.45) is -5.40. The molecule has 2 N–H and O–H groups in total. The SMILES string of the molecule is O=C(O)[C@@H]1[C@H](O)[C@@H](F)CN1C(=O)OC(c1ccccc1)c1ccccc1. The van der Waals surface area contributed by atoms with Crippen LogP contribution in [0.3, 0.4) is 0 Å². The number of benzene rings is 2. The summed E-state index contributed by atoms with van der Waals surface area (Å²) in [6.45, 7) is -0.534. The molecule has 0 radical (unpaired) electrons. The number of carboxylic acid groups (broad SMARTS) is 1. The number of hydrogen-bond acceptors (Lipinski definition) is 4. The van der Waals surface area contributed by atoms with Crippen LogP contribution in [0.2, 0.25) is 0 Å². The van der Waals surface area contributed by atoms with Crippen LogP contribution in [0.25, 0.3) is 0 Å². The minimum absolute atomic E-state index is 0.534. The Labute approximate surface area is 149 Å². The summed E-state index contributed by atoms with van der Waals surface area (Å²) in [5, 5.41) is 18.9. The number of likely N-dealkylation sites (tertiary alicyclic amines) is 1. The first kappa shape index (κ1) is 17.9. The van der Waals surface area contributed by atoms with Crippen LogP contribution >= 0.6 is 0 Å². The quantitative estimate of drug-likeness (QED) is 0.875. The number of halogens is 1. The van der Waals surface area contributed by atoms with Crippen LogP contribution in [0.4, 0.5) is 9.18 Å². The van der Waals surface area contributed by atoms with Crippen molar-refractivity contribution in [3.05, 3.63) is 71.8 Å². The van der Waals surface area contributed by atoms with Gasteiger partial charge in [-0.2, -0.15) is 0 Å². The van der Waals surface area contributed by atoms with E-state index in [0.717, 1.165) is 4.90 Å². The highest BCUT2D eigenvalue weighted by atomic mass is 19.1. The Morgan fingerprint density at radius 3 is 2.00 bits per heavy atom. The molecule has 1 aliphatic rings. The molecule has 0 aromatic heterocycles. The second-order valence-electron chi connectivity index (χ2n) is 6.03. The van der Waals surface area contributed by atoms with Gasteiger partial charge in [0.15, 0.2) is 12.1 Å². The molecule has 1 saturated heterocycles. The Morgan fingerprint density at radius 2 is 1.54 bits per heavy atom. The first-order valence-corrected chi connectivity index (χ1v) is 8.11. The van der Waals surface area contributed by atoms with Crippen LogP contribution < -0.4 is 0 Å². The molecule has 0 saturated carbocycles. The molecule has 1 fully saturated rings. The van der Waals surface area contributed by atoms with E-state index in [1.165, 1.54) is 0 Å². The smallest absolute Gasteiger partial charge is 0.411 e. The lowest BCUT2D eigenvalue weighted by Gasteiger charge is -2.25. The lowest BCUT2D eigenvalue weighted by Crippen LogP contribution is -2.45. The predicted molar refractivity (Wildman–Crippen MR) is 90.2 cm³/mol. The molecule has 1 aliphatic heterocycles. The van der Waals surface area contributed by atoms with Crippen LogP contribution in [0.5, 0.6) is 0 Å². The predicted octanol–water partition coefficient (Wildman–Crippen LogP) is 2.38. The molecule has 6 nitrogen and oxygen atoms in total. The highest BCUT2D eigenvalue weighted by Crippen LogP contribution is 2.29. The Bertz CT molecular complexity index is 731. The van der Waals surface area contributed by atoms with Crippen molar-refractivity contribution in [2.24, 2.45) is 0 Å². The molecule has 0 aliphatic carbocycles. The second-order valence-corrected chi connectivity index (χ2v) is 6.03. The number of carboxylic acids is 1. The molecule has 1 heterocycles. The topological polar surface area (TPSA) is 87.1 Å². The summed E-state index contributed by atoms with van der Waals surface area (Å²) in [6, 6.07) is 16.2. The van der Waals surface area contributed by atoms with Gasteiger partial charge in [-0.15, -0.1) is 0 Å². The molecule has 7 heteroatoms. The van der Waals surface area contributed by atoms with Gasteiger partial charge in [-0.3, -0.25) is 4.90 Å². The van der Waals surface area contributed by atoms with Gasteiger partial charge >= 0.3 is 12.1 Å². The fourth-order valence-electron chi connectivity index (χ4n) is 3.01. The van der Waals surface area contributed by atoms with Gasteiger partial charge in [-0.1, -0.05) is 60.7 Å².